The number of aromatic nitrogens is 1. The molecule has 180 valence electrons. The third-order valence-electron chi connectivity index (χ3n) is 7.89. The molecule has 0 fully saturated rings. The van der Waals surface area contributed by atoms with Gasteiger partial charge in [-0.3, -0.25) is 0 Å². The van der Waals surface area contributed by atoms with E-state index in [2.05, 4.69) is 60.0 Å². The molecule has 4 nitrogen and oxygen atoms in total. The molecule has 0 saturated carbocycles. The lowest BCUT2D eigenvalue weighted by Gasteiger charge is -2.31. The molecule has 1 aliphatic heterocycles. The van der Waals surface area contributed by atoms with Crippen molar-refractivity contribution < 1.29 is 14.4 Å². The number of methoxy groups -OCH3 is 1. The third kappa shape index (κ3) is 4.21. The Morgan fingerprint density at radius 3 is 2.69 bits per heavy atom. The van der Waals surface area contributed by atoms with Crippen molar-refractivity contribution in [3.05, 3.63) is 94.7 Å². The number of hydrogen-bond acceptors (Lipinski definition) is 2. The van der Waals surface area contributed by atoms with Gasteiger partial charge in [-0.2, -0.15) is 0 Å². The molecule has 4 heteroatoms. The quantitative estimate of drug-likeness (QED) is 0.411. The Kier molecular flexibility index (Phi) is 5.99. The summed E-state index contributed by atoms with van der Waals surface area (Å²) in [6.07, 6.45) is 4.98. The largest absolute Gasteiger partial charge is 0.493 e. The normalized spacial score (nSPS) is 19.3. The first-order chi connectivity index (χ1) is 17.2. The van der Waals surface area contributed by atoms with E-state index in [1.165, 1.54) is 54.3 Å². The standard InChI is InChI=1S/C31H34N2O2/c1-22-12-14-27-26(18-22)25-10-6-11-28-31(25)33(27)17-7-16-32(28)20-24-13-15-29(34-2)30(19-24)35-21-23-8-4-3-5-9-23/h3-5,8-9,12-15,18-19,28H,6-7,10-11,16-17,20-21H2,1-2H3/p+1/t28-/m1/s1. The van der Waals surface area contributed by atoms with E-state index >= 15 is 0 Å². The van der Waals surface area contributed by atoms with Gasteiger partial charge in [0.15, 0.2) is 11.5 Å². The highest BCUT2D eigenvalue weighted by Crippen LogP contribution is 2.38. The minimum absolute atomic E-state index is 0.544. The van der Waals surface area contributed by atoms with Crippen LogP contribution in [0.3, 0.4) is 0 Å². The van der Waals surface area contributed by atoms with Crippen LogP contribution in [0.1, 0.15) is 53.3 Å². The van der Waals surface area contributed by atoms with Crippen LogP contribution in [0.15, 0.2) is 66.7 Å². The molecule has 6 rings (SSSR count). The average Bonchev–Trinajstić information content (AvgIpc) is 3.08. The van der Waals surface area contributed by atoms with Crippen molar-refractivity contribution in [1.29, 1.82) is 0 Å². The average molecular weight is 468 g/mol. The van der Waals surface area contributed by atoms with Gasteiger partial charge in [0.1, 0.15) is 19.2 Å². The Hall–Kier alpha value is -3.24. The lowest BCUT2D eigenvalue weighted by Crippen LogP contribution is -3.11. The van der Waals surface area contributed by atoms with E-state index < -0.39 is 0 Å². The molecule has 1 N–H and O–H groups in total. The molecule has 0 radical (unpaired) electrons. The number of nitrogens with one attached hydrogen (secondary N) is 1. The molecule has 0 bridgehead atoms. The van der Waals surface area contributed by atoms with Gasteiger partial charge in [0.2, 0.25) is 0 Å². The van der Waals surface area contributed by atoms with E-state index in [0.29, 0.717) is 12.6 Å². The molecule has 1 aliphatic carbocycles. The van der Waals surface area contributed by atoms with Gasteiger partial charge in [0.25, 0.3) is 0 Å². The van der Waals surface area contributed by atoms with Crippen LogP contribution < -0.4 is 14.4 Å². The summed E-state index contributed by atoms with van der Waals surface area (Å²) in [6.45, 7) is 6.10. The maximum absolute atomic E-state index is 6.22. The number of benzene rings is 3. The van der Waals surface area contributed by atoms with Gasteiger partial charge in [0, 0.05) is 35.9 Å². The van der Waals surface area contributed by atoms with Crippen molar-refractivity contribution >= 4 is 10.9 Å². The summed E-state index contributed by atoms with van der Waals surface area (Å²) < 4.78 is 14.5. The summed E-state index contributed by atoms with van der Waals surface area (Å²) >= 11 is 0. The summed E-state index contributed by atoms with van der Waals surface area (Å²) in [5, 5.41) is 1.49. The smallest absolute Gasteiger partial charge is 0.162 e. The predicted octanol–water partition coefficient (Wildman–Crippen LogP) is 5.40. The van der Waals surface area contributed by atoms with Gasteiger partial charge in [0.05, 0.1) is 19.3 Å². The zero-order valence-corrected chi connectivity index (χ0v) is 20.8. The Morgan fingerprint density at radius 2 is 1.83 bits per heavy atom. The van der Waals surface area contributed by atoms with E-state index in [-0.39, 0.29) is 0 Å². The fraction of sp³-hybridized carbons (Fsp3) is 0.355. The zero-order chi connectivity index (χ0) is 23.8. The number of nitrogens with zero attached hydrogens (tertiary/aromatic N) is 1. The first kappa shape index (κ1) is 22.2. The van der Waals surface area contributed by atoms with Gasteiger partial charge >= 0.3 is 0 Å². The summed E-state index contributed by atoms with van der Waals surface area (Å²) in [5.74, 6) is 1.63. The van der Waals surface area contributed by atoms with Crippen LogP contribution in [0.4, 0.5) is 0 Å². The van der Waals surface area contributed by atoms with Crippen molar-refractivity contribution in [1.82, 2.24) is 4.57 Å². The summed E-state index contributed by atoms with van der Waals surface area (Å²) in [4.78, 5) is 1.68. The van der Waals surface area contributed by atoms with Crippen LogP contribution in [0, 0.1) is 6.92 Å². The minimum atomic E-state index is 0.544. The van der Waals surface area contributed by atoms with Crippen LogP contribution >= 0.6 is 0 Å². The predicted molar refractivity (Wildman–Crippen MR) is 140 cm³/mol. The highest BCUT2D eigenvalue weighted by Gasteiger charge is 2.36. The fourth-order valence-corrected chi connectivity index (χ4v) is 6.27. The molecule has 3 aromatic carbocycles. The summed E-state index contributed by atoms with van der Waals surface area (Å²) in [5.41, 5.74) is 8.50. The lowest BCUT2D eigenvalue weighted by atomic mass is 9.90. The highest BCUT2D eigenvalue weighted by atomic mass is 16.5. The first-order valence-electron chi connectivity index (χ1n) is 13.0. The number of hydrogen-bond donors (Lipinski definition) is 1. The lowest BCUT2D eigenvalue weighted by molar-refractivity contribution is -0.945. The highest BCUT2D eigenvalue weighted by molar-refractivity contribution is 5.86. The SMILES string of the molecule is COc1ccc(C[NH+]2CCCn3c4c(c5cc(C)ccc53)CCC[C@H]42)cc1OCc1ccccc1. The summed E-state index contributed by atoms with van der Waals surface area (Å²) in [6, 6.07) is 24.4. The van der Waals surface area contributed by atoms with E-state index in [4.69, 9.17) is 9.47 Å². The molecule has 1 aromatic heterocycles. The van der Waals surface area contributed by atoms with E-state index in [1.807, 2.05) is 18.2 Å². The van der Waals surface area contributed by atoms with Crippen LogP contribution in [-0.4, -0.2) is 18.2 Å². The number of quaternary nitrogens is 1. The topological polar surface area (TPSA) is 27.8 Å². The second-order valence-corrected chi connectivity index (χ2v) is 10.2. The summed E-state index contributed by atoms with van der Waals surface area (Å²) in [7, 11) is 1.72. The maximum Gasteiger partial charge on any atom is 0.162 e. The molecule has 2 aliphatic rings. The molecule has 35 heavy (non-hydrogen) atoms. The monoisotopic (exact) mass is 467 g/mol. The molecule has 0 saturated heterocycles. The van der Waals surface area contributed by atoms with Crippen molar-refractivity contribution in [3.63, 3.8) is 0 Å². The van der Waals surface area contributed by atoms with Crippen molar-refractivity contribution in [3.8, 4) is 11.5 Å². The van der Waals surface area contributed by atoms with Gasteiger partial charge in [-0.15, -0.1) is 0 Å². The number of ether oxygens (including phenoxy) is 2. The number of rotatable bonds is 6. The van der Waals surface area contributed by atoms with Crippen molar-refractivity contribution in [2.75, 3.05) is 13.7 Å². The Balaban J connectivity index is 1.29. The van der Waals surface area contributed by atoms with E-state index in [9.17, 15) is 0 Å². The van der Waals surface area contributed by atoms with Crippen LogP contribution in [-0.2, 0) is 26.1 Å². The van der Waals surface area contributed by atoms with Gasteiger partial charge in [-0.1, -0.05) is 42.0 Å². The molecule has 0 amide bonds. The first-order valence-corrected chi connectivity index (χ1v) is 13.0. The minimum Gasteiger partial charge on any atom is -0.493 e. The second-order valence-electron chi connectivity index (χ2n) is 10.2. The molecular weight excluding hydrogens is 432 g/mol. The Morgan fingerprint density at radius 1 is 0.943 bits per heavy atom. The van der Waals surface area contributed by atoms with Crippen molar-refractivity contribution in [2.45, 2.75) is 58.3 Å². The molecule has 0 spiro atoms. The number of aryl methyl sites for hydroxylation is 3. The number of fused-ring (bicyclic) bond motifs is 3. The van der Waals surface area contributed by atoms with Crippen LogP contribution in [0.2, 0.25) is 0 Å². The third-order valence-corrected chi connectivity index (χ3v) is 7.89. The van der Waals surface area contributed by atoms with E-state index in [0.717, 1.165) is 30.2 Å². The van der Waals surface area contributed by atoms with Gasteiger partial charge in [-0.05, 0) is 61.2 Å². The molecule has 2 heterocycles. The van der Waals surface area contributed by atoms with Gasteiger partial charge < -0.3 is 18.9 Å². The maximum atomic E-state index is 6.22. The van der Waals surface area contributed by atoms with Crippen LogP contribution in [0.25, 0.3) is 10.9 Å². The molecular formula is C31H35N2O2+. The van der Waals surface area contributed by atoms with Gasteiger partial charge in [-0.25, -0.2) is 0 Å². The second kappa shape index (κ2) is 9.43. The Labute approximate surface area is 208 Å². The van der Waals surface area contributed by atoms with E-state index in [1.54, 1.807) is 23.3 Å². The molecule has 1 unspecified atom stereocenters. The fourth-order valence-electron chi connectivity index (χ4n) is 6.27. The molecule has 2 atom stereocenters. The Bertz CT molecular complexity index is 1340. The van der Waals surface area contributed by atoms with Crippen molar-refractivity contribution in [2.24, 2.45) is 0 Å². The van der Waals surface area contributed by atoms with Crippen LogP contribution in [0.5, 0.6) is 11.5 Å². The molecule has 4 aromatic rings. The zero-order valence-electron chi connectivity index (χ0n) is 20.8.